The Morgan fingerprint density at radius 1 is 0.976 bits per heavy atom. The van der Waals surface area contributed by atoms with E-state index in [-0.39, 0.29) is 23.4 Å². The Labute approximate surface area is 243 Å². The van der Waals surface area contributed by atoms with Crippen molar-refractivity contribution in [1.82, 2.24) is 10.2 Å². The van der Waals surface area contributed by atoms with Crippen LogP contribution in [0.4, 0.5) is 5.69 Å². The van der Waals surface area contributed by atoms with Crippen LogP contribution in [0.5, 0.6) is 5.75 Å². The zero-order valence-electron chi connectivity index (χ0n) is 24.0. The number of hydrogen-bond acceptors (Lipinski definition) is 5. The van der Waals surface area contributed by atoms with Gasteiger partial charge in [0.15, 0.2) is 0 Å². The number of anilines is 1. The van der Waals surface area contributed by atoms with Gasteiger partial charge in [-0.2, -0.15) is 0 Å². The number of sulfonamides is 1. The zero-order valence-corrected chi connectivity index (χ0v) is 24.8. The van der Waals surface area contributed by atoms with Gasteiger partial charge in [0.05, 0.1) is 17.7 Å². The maximum Gasteiger partial charge on any atom is 0.264 e. The molecule has 9 heteroatoms. The van der Waals surface area contributed by atoms with Gasteiger partial charge in [-0.25, -0.2) is 8.42 Å². The van der Waals surface area contributed by atoms with Crippen molar-refractivity contribution in [3.63, 3.8) is 0 Å². The van der Waals surface area contributed by atoms with Crippen molar-refractivity contribution in [1.29, 1.82) is 0 Å². The topological polar surface area (TPSA) is 96.0 Å². The molecule has 1 N–H and O–H groups in total. The Bertz CT molecular complexity index is 1440. The summed E-state index contributed by atoms with van der Waals surface area (Å²) in [5.41, 5.74) is 1.90. The van der Waals surface area contributed by atoms with Crippen LogP contribution in [0.1, 0.15) is 50.2 Å². The SMILES string of the molecule is CC[C@H](C(=O)NC1CCCC1)N(Cc1cccc(OC)c1)C(=O)CN(c1ccccc1C)S(=O)(=O)c1ccccc1. The Morgan fingerprint density at radius 2 is 1.66 bits per heavy atom. The molecule has 0 unspecified atom stereocenters. The first-order valence-electron chi connectivity index (χ1n) is 14.1. The normalized spacial score (nSPS) is 14.3. The molecule has 1 atom stereocenters. The smallest absolute Gasteiger partial charge is 0.264 e. The Kier molecular flexibility index (Phi) is 10.0. The summed E-state index contributed by atoms with van der Waals surface area (Å²) in [6.07, 6.45) is 4.35. The largest absolute Gasteiger partial charge is 0.497 e. The average molecular weight is 578 g/mol. The number of ether oxygens (including phenoxy) is 1. The third kappa shape index (κ3) is 7.27. The molecule has 218 valence electrons. The molecule has 0 saturated heterocycles. The molecule has 0 heterocycles. The molecule has 1 saturated carbocycles. The first kappa shape index (κ1) is 30.1. The molecule has 0 bridgehead atoms. The monoisotopic (exact) mass is 577 g/mol. The number of benzene rings is 3. The molecule has 41 heavy (non-hydrogen) atoms. The second-order valence-electron chi connectivity index (χ2n) is 10.4. The number of methoxy groups -OCH3 is 1. The van der Waals surface area contributed by atoms with Crippen LogP contribution in [0.2, 0.25) is 0 Å². The summed E-state index contributed by atoms with van der Waals surface area (Å²) < 4.78 is 34.4. The molecule has 3 aromatic carbocycles. The predicted molar refractivity (Wildman–Crippen MR) is 160 cm³/mol. The van der Waals surface area contributed by atoms with Gasteiger partial charge < -0.3 is 15.0 Å². The highest BCUT2D eigenvalue weighted by Crippen LogP contribution is 2.28. The van der Waals surface area contributed by atoms with Gasteiger partial charge in [0.1, 0.15) is 18.3 Å². The van der Waals surface area contributed by atoms with Crippen molar-refractivity contribution in [2.75, 3.05) is 18.0 Å². The maximum atomic E-state index is 14.2. The highest BCUT2D eigenvalue weighted by atomic mass is 32.2. The van der Waals surface area contributed by atoms with Crippen LogP contribution in [0, 0.1) is 6.92 Å². The number of nitrogens with zero attached hydrogens (tertiary/aromatic N) is 2. The van der Waals surface area contributed by atoms with E-state index in [0.29, 0.717) is 23.4 Å². The third-order valence-electron chi connectivity index (χ3n) is 7.57. The van der Waals surface area contributed by atoms with Crippen LogP contribution in [0.15, 0.2) is 83.8 Å². The third-order valence-corrected chi connectivity index (χ3v) is 9.34. The molecule has 8 nitrogen and oxygen atoms in total. The van der Waals surface area contributed by atoms with Crippen LogP contribution >= 0.6 is 0 Å². The molecular weight excluding hydrogens is 538 g/mol. The van der Waals surface area contributed by atoms with E-state index in [0.717, 1.165) is 35.6 Å². The van der Waals surface area contributed by atoms with Gasteiger partial charge in [0.2, 0.25) is 11.8 Å². The van der Waals surface area contributed by atoms with Crippen LogP contribution in [-0.4, -0.2) is 50.9 Å². The number of carbonyl (C=O) groups is 2. The van der Waals surface area contributed by atoms with Gasteiger partial charge in [-0.15, -0.1) is 0 Å². The summed E-state index contributed by atoms with van der Waals surface area (Å²) in [6, 6.07) is 21.8. The van der Waals surface area contributed by atoms with E-state index >= 15 is 0 Å². The van der Waals surface area contributed by atoms with Crippen LogP contribution in [-0.2, 0) is 26.2 Å². The van der Waals surface area contributed by atoms with Crippen molar-refractivity contribution in [3.8, 4) is 5.75 Å². The highest BCUT2D eigenvalue weighted by Gasteiger charge is 2.35. The zero-order chi connectivity index (χ0) is 29.4. The van der Waals surface area contributed by atoms with Crippen molar-refractivity contribution in [2.45, 2.75) is 69.5 Å². The summed E-state index contributed by atoms with van der Waals surface area (Å²) in [5, 5.41) is 3.13. The van der Waals surface area contributed by atoms with E-state index in [9.17, 15) is 18.0 Å². The Hall–Kier alpha value is -3.85. The molecule has 1 aliphatic carbocycles. The van der Waals surface area contributed by atoms with Gasteiger partial charge >= 0.3 is 0 Å². The van der Waals surface area contributed by atoms with Crippen molar-refractivity contribution in [3.05, 3.63) is 90.0 Å². The number of aryl methyl sites for hydroxylation is 1. The molecule has 3 aromatic rings. The molecule has 1 aliphatic rings. The summed E-state index contributed by atoms with van der Waals surface area (Å²) in [5.74, 6) is -0.0560. The molecule has 0 aromatic heterocycles. The number of carbonyl (C=O) groups excluding carboxylic acids is 2. The van der Waals surface area contributed by atoms with E-state index in [1.165, 1.54) is 17.0 Å². The van der Waals surface area contributed by atoms with E-state index < -0.39 is 28.5 Å². The van der Waals surface area contributed by atoms with Gasteiger partial charge in [-0.3, -0.25) is 13.9 Å². The number of nitrogens with one attached hydrogen (secondary N) is 1. The second kappa shape index (κ2) is 13.7. The molecule has 1 fully saturated rings. The van der Waals surface area contributed by atoms with E-state index in [1.807, 2.05) is 50.2 Å². The van der Waals surface area contributed by atoms with Gasteiger partial charge in [0, 0.05) is 12.6 Å². The quantitative estimate of drug-likeness (QED) is 0.325. The number of para-hydroxylation sites is 1. The van der Waals surface area contributed by atoms with Crippen LogP contribution in [0.25, 0.3) is 0 Å². The maximum absolute atomic E-state index is 14.2. The average Bonchev–Trinajstić information content (AvgIpc) is 3.49. The fourth-order valence-electron chi connectivity index (χ4n) is 5.33. The van der Waals surface area contributed by atoms with Crippen molar-refractivity contribution >= 4 is 27.5 Å². The lowest BCUT2D eigenvalue weighted by Crippen LogP contribution is -2.53. The predicted octanol–water partition coefficient (Wildman–Crippen LogP) is 5.07. The first-order valence-corrected chi connectivity index (χ1v) is 15.5. The van der Waals surface area contributed by atoms with E-state index in [2.05, 4.69) is 5.32 Å². The molecular formula is C32H39N3O5S. The van der Waals surface area contributed by atoms with Gasteiger partial charge in [-0.1, -0.05) is 68.3 Å². The number of hydrogen-bond donors (Lipinski definition) is 1. The fourth-order valence-corrected chi connectivity index (χ4v) is 6.83. The minimum Gasteiger partial charge on any atom is -0.497 e. The summed E-state index contributed by atoms with van der Waals surface area (Å²) in [6.45, 7) is 3.34. The first-order chi connectivity index (χ1) is 19.7. The fraction of sp³-hybridized carbons (Fsp3) is 0.375. The summed E-state index contributed by atoms with van der Waals surface area (Å²) >= 11 is 0. The molecule has 0 radical (unpaired) electrons. The standard InChI is InChI=1S/C32H39N3O5S/c1-4-29(32(37)33-26-15-9-10-16-26)34(22-25-14-12-17-27(21-25)40-3)31(36)23-35(30-20-11-8-13-24(30)2)41(38,39)28-18-6-5-7-19-28/h5-8,11-14,17-21,26,29H,4,9-10,15-16,22-23H2,1-3H3,(H,33,37)/t29-/m1/s1. The van der Waals surface area contributed by atoms with E-state index in [4.69, 9.17) is 4.74 Å². The van der Waals surface area contributed by atoms with Crippen LogP contribution in [0.3, 0.4) is 0 Å². The summed E-state index contributed by atoms with van der Waals surface area (Å²) in [4.78, 5) is 29.4. The molecule has 4 rings (SSSR count). The van der Waals surface area contributed by atoms with Gasteiger partial charge in [0.25, 0.3) is 10.0 Å². The van der Waals surface area contributed by atoms with Gasteiger partial charge in [-0.05, 0) is 67.6 Å². The lowest BCUT2D eigenvalue weighted by atomic mass is 10.1. The van der Waals surface area contributed by atoms with Crippen molar-refractivity contribution in [2.24, 2.45) is 0 Å². The second-order valence-corrected chi connectivity index (χ2v) is 12.3. The number of amides is 2. The lowest BCUT2D eigenvalue weighted by molar-refractivity contribution is -0.140. The number of rotatable bonds is 12. The minimum atomic E-state index is -4.09. The summed E-state index contributed by atoms with van der Waals surface area (Å²) in [7, 11) is -2.52. The highest BCUT2D eigenvalue weighted by molar-refractivity contribution is 7.92. The Morgan fingerprint density at radius 3 is 2.32 bits per heavy atom. The van der Waals surface area contributed by atoms with E-state index in [1.54, 1.807) is 37.4 Å². The molecule has 0 spiro atoms. The minimum absolute atomic E-state index is 0.0846. The lowest BCUT2D eigenvalue weighted by Gasteiger charge is -2.34. The van der Waals surface area contributed by atoms with Crippen LogP contribution < -0.4 is 14.4 Å². The Balaban J connectivity index is 1.72. The van der Waals surface area contributed by atoms with Crippen molar-refractivity contribution < 1.29 is 22.7 Å². The molecule has 2 amide bonds. The molecule has 0 aliphatic heterocycles.